The van der Waals surface area contributed by atoms with E-state index in [1.54, 1.807) is 40.2 Å². The van der Waals surface area contributed by atoms with Crippen LogP contribution in [0.2, 0.25) is 0 Å². The van der Waals surface area contributed by atoms with E-state index in [0.717, 1.165) is 11.4 Å². The molecule has 1 aromatic carbocycles. The molecule has 0 bridgehead atoms. The van der Waals surface area contributed by atoms with Crippen molar-refractivity contribution in [2.24, 2.45) is 0 Å². The first-order valence-electron chi connectivity index (χ1n) is 10.1. The van der Waals surface area contributed by atoms with Crippen molar-refractivity contribution in [2.45, 2.75) is 25.3 Å². The molecule has 0 spiro atoms. The summed E-state index contributed by atoms with van der Waals surface area (Å²) in [5.41, 5.74) is 1.90. The van der Waals surface area contributed by atoms with E-state index < -0.39 is 18.2 Å². The lowest BCUT2D eigenvalue weighted by Gasteiger charge is -2.33. The zero-order valence-electron chi connectivity index (χ0n) is 18.0. The molecule has 35 heavy (non-hydrogen) atoms. The van der Waals surface area contributed by atoms with Gasteiger partial charge in [0.15, 0.2) is 0 Å². The normalized spacial score (nSPS) is 14.8. The molecule has 10 nitrogen and oxygen atoms in total. The Morgan fingerprint density at radius 2 is 1.83 bits per heavy atom. The first-order valence-corrected chi connectivity index (χ1v) is 10.1. The summed E-state index contributed by atoms with van der Waals surface area (Å²) in [5, 5.41) is 23.9. The van der Waals surface area contributed by atoms with Gasteiger partial charge in [-0.2, -0.15) is 18.3 Å². The number of pyridine rings is 1. The van der Waals surface area contributed by atoms with Crippen molar-refractivity contribution in [1.82, 2.24) is 25.0 Å². The number of nitrogens with one attached hydrogen (secondary N) is 1. The Balaban J connectivity index is 0.000000429. The number of nitrogens with zero attached hydrogens (tertiary/aromatic N) is 4. The van der Waals surface area contributed by atoms with Crippen molar-refractivity contribution in [3.05, 3.63) is 77.9 Å². The van der Waals surface area contributed by atoms with E-state index in [1.807, 2.05) is 18.2 Å². The molecule has 0 fully saturated rings. The highest BCUT2D eigenvalue weighted by Gasteiger charge is 2.38. The van der Waals surface area contributed by atoms with Gasteiger partial charge in [0.1, 0.15) is 11.8 Å². The molecule has 0 radical (unpaired) electrons. The maximum Gasteiger partial charge on any atom is 0.490 e. The van der Waals surface area contributed by atoms with Crippen molar-refractivity contribution >= 4 is 17.8 Å². The second kappa shape index (κ2) is 10.7. The molecule has 3 heterocycles. The standard InChI is InChI=1S/C20H19N5O3.C2HF3O2/c26-17-6-3-4-14(10-17)20(28)24-12-16-7-9-23-25(16)18(13-24)19(27)22-11-15-5-1-2-8-21-15;3-2(4,5)1(6)7/h1-10,18,26H,11-13H2,(H,22,27);(H,6,7). The fourth-order valence-corrected chi connectivity index (χ4v) is 3.26. The van der Waals surface area contributed by atoms with Gasteiger partial charge in [0, 0.05) is 18.0 Å². The molecule has 13 heteroatoms. The quantitative estimate of drug-likeness (QED) is 0.508. The number of phenols is 1. The molecule has 184 valence electrons. The van der Waals surface area contributed by atoms with Crippen molar-refractivity contribution < 1.29 is 37.8 Å². The van der Waals surface area contributed by atoms with Crippen LogP contribution in [0.25, 0.3) is 0 Å². The van der Waals surface area contributed by atoms with Gasteiger partial charge in [0.05, 0.1) is 31.0 Å². The summed E-state index contributed by atoms with van der Waals surface area (Å²) in [7, 11) is 0. The van der Waals surface area contributed by atoms with Crippen molar-refractivity contribution in [3.63, 3.8) is 0 Å². The number of alkyl halides is 3. The summed E-state index contributed by atoms with van der Waals surface area (Å²) in [4.78, 5) is 40.4. The summed E-state index contributed by atoms with van der Waals surface area (Å²) in [6.45, 7) is 0.836. The van der Waals surface area contributed by atoms with Gasteiger partial charge in [-0.3, -0.25) is 19.3 Å². The second-order valence-electron chi connectivity index (χ2n) is 7.36. The number of aromatic nitrogens is 3. The van der Waals surface area contributed by atoms with Gasteiger partial charge < -0.3 is 20.4 Å². The van der Waals surface area contributed by atoms with Gasteiger partial charge in [-0.15, -0.1) is 0 Å². The minimum atomic E-state index is -5.08. The summed E-state index contributed by atoms with van der Waals surface area (Å²) >= 11 is 0. The number of hydrogen-bond donors (Lipinski definition) is 3. The Kier molecular flexibility index (Phi) is 7.69. The minimum absolute atomic E-state index is 0.0255. The number of carbonyl (C=O) groups excluding carboxylic acids is 2. The van der Waals surface area contributed by atoms with Crippen LogP contribution >= 0.6 is 0 Å². The number of carboxylic acids is 1. The predicted octanol–water partition coefficient (Wildman–Crippen LogP) is 2.13. The maximum atomic E-state index is 12.9. The molecule has 0 aliphatic carbocycles. The van der Waals surface area contributed by atoms with E-state index >= 15 is 0 Å². The molecule has 1 atom stereocenters. The van der Waals surface area contributed by atoms with Crippen LogP contribution < -0.4 is 5.32 Å². The molecule has 3 N–H and O–H groups in total. The maximum absolute atomic E-state index is 12.9. The van der Waals surface area contributed by atoms with Gasteiger partial charge in [-0.1, -0.05) is 12.1 Å². The van der Waals surface area contributed by atoms with Gasteiger partial charge in [0.2, 0.25) is 5.91 Å². The van der Waals surface area contributed by atoms with E-state index in [2.05, 4.69) is 15.4 Å². The number of fused-ring (bicyclic) bond motifs is 1. The average Bonchev–Trinajstić information content (AvgIpc) is 3.30. The Bertz CT molecular complexity index is 1200. The number of amides is 2. The Hall–Kier alpha value is -4.42. The van der Waals surface area contributed by atoms with Crippen LogP contribution in [-0.4, -0.2) is 60.4 Å². The summed E-state index contributed by atoms with van der Waals surface area (Å²) in [6, 6.07) is 12.9. The van der Waals surface area contributed by atoms with Crippen LogP contribution in [-0.2, 0) is 22.7 Å². The molecule has 3 aromatic rings. The lowest BCUT2D eigenvalue weighted by molar-refractivity contribution is -0.192. The van der Waals surface area contributed by atoms with E-state index in [9.17, 15) is 27.9 Å². The third kappa shape index (κ3) is 6.56. The predicted molar refractivity (Wildman–Crippen MR) is 114 cm³/mol. The smallest absolute Gasteiger partial charge is 0.490 e. The Labute approximate surface area is 196 Å². The molecular weight excluding hydrogens is 471 g/mol. The second-order valence-corrected chi connectivity index (χ2v) is 7.36. The van der Waals surface area contributed by atoms with Gasteiger partial charge in [-0.25, -0.2) is 4.79 Å². The highest BCUT2D eigenvalue weighted by atomic mass is 19.4. The monoisotopic (exact) mass is 491 g/mol. The van der Waals surface area contributed by atoms with Crippen molar-refractivity contribution in [2.75, 3.05) is 6.54 Å². The van der Waals surface area contributed by atoms with Crippen LogP contribution in [0.3, 0.4) is 0 Å². The lowest BCUT2D eigenvalue weighted by atomic mass is 10.1. The highest BCUT2D eigenvalue weighted by molar-refractivity contribution is 5.95. The highest BCUT2D eigenvalue weighted by Crippen LogP contribution is 2.23. The third-order valence-electron chi connectivity index (χ3n) is 4.89. The Morgan fingerprint density at radius 3 is 2.46 bits per heavy atom. The topological polar surface area (TPSA) is 138 Å². The molecule has 2 amide bonds. The molecule has 2 aromatic heterocycles. The first-order chi connectivity index (χ1) is 16.6. The number of carbonyl (C=O) groups is 3. The van der Waals surface area contributed by atoms with Crippen molar-refractivity contribution in [1.29, 1.82) is 0 Å². The van der Waals surface area contributed by atoms with Gasteiger partial charge in [0.25, 0.3) is 5.91 Å². The lowest BCUT2D eigenvalue weighted by Crippen LogP contribution is -2.47. The number of benzene rings is 1. The first kappa shape index (κ1) is 25.2. The number of rotatable bonds is 4. The zero-order valence-corrected chi connectivity index (χ0v) is 18.0. The SMILES string of the molecule is O=C(NCc1ccccn1)C1CN(C(=O)c2cccc(O)c2)Cc2ccnn21.O=C(O)C(F)(F)F. The summed E-state index contributed by atoms with van der Waals surface area (Å²) < 4.78 is 33.4. The van der Waals surface area contributed by atoms with E-state index in [-0.39, 0.29) is 24.1 Å². The summed E-state index contributed by atoms with van der Waals surface area (Å²) in [6.07, 6.45) is -1.79. The molecule has 1 aliphatic rings. The van der Waals surface area contributed by atoms with Crippen LogP contribution in [0.5, 0.6) is 5.75 Å². The molecular formula is C22H20F3N5O5. The molecule has 0 saturated carbocycles. The van der Waals surface area contributed by atoms with Gasteiger partial charge in [-0.05, 0) is 36.4 Å². The van der Waals surface area contributed by atoms with Crippen LogP contribution in [0.4, 0.5) is 13.2 Å². The largest absolute Gasteiger partial charge is 0.508 e. The number of phenolic OH excluding ortho intramolecular Hbond substituents is 1. The van der Waals surface area contributed by atoms with E-state index in [1.165, 1.54) is 12.1 Å². The number of hydrogen-bond acceptors (Lipinski definition) is 6. The molecule has 1 unspecified atom stereocenters. The van der Waals surface area contributed by atoms with Gasteiger partial charge >= 0.3 is 12.1 Å². The number of carboxylic acid groups (broad SMARTS) is 1. The van der Waals surface area contributed by atoms with Crippen LogP contribution in [0.1, 0.15) is 27.8 Å². The fraction of sp³-hybridized carbons (Fsp3) is 0.227. The van der Waals surface area contributed by atoms with Crippen molar-refractivity contribution in [3.8, 4) is 5.75 Å². The number of aliphatic carboxylic acids is 1. The minimum Gasteiger partial charge on any atom is -0.508 e. The van der Waals surface area contributed by atoms with Crippen LogP contribution in [0.15, 0.2) is 60.9 Å². The molecule has 0 saturated heterocycles. The fourth-order valence-electron chi connectivity index (χ4n) is 3.26. The average molecular weight is 491 g/mol. The molecule has 1 aliphatic heterocycles. The Morgan fingerprint density at radius 1 is 1.09 bits per heavy atom. The number of aromatic hydroxyl groups is 1. The third-order valence-corrected chi connectivity index (χ3v) is 4.89. The number of halogens is 3. The zero-order chi connectivity index (χ0) is 25.6. The van der Waals surface area contributed by atoms with E-state index in [4.69, 9.17) is 9.90 Å². The molecule has 4 rings (SSSR count). The summed E-state index contributed by atoms with van der Waals surface area (Å²) in [5.74, 6) is -3.21. The van der Waals surface area contributed by atoms with Crippen LogP contribution in [0, 0.1) is 0 Å². The van der Waals surface area contributed by atoms with E-state index in [0.29, 0.717) is 18.7 Å².